The number of halogens is 2. The van der Waals surface area contributed by atoms with Gasteiger partial charge in [-0.05, 0) is 24.6 Å². The smallest absolute Gasteiger partial charge is 0.308 e. The molecule has 1 aromatic rings. The van der Waals surface area contributed by atoms with Crippen LogP contribution in [-0.4, -0.2) is 35.0 Å². The molecular weight excluding hydrogens is 268 g/mol. The number of aliphatic carboxylic acids is 1. The molecular formula is C14H13F2NO3. The molecule has 1 atom stereocenters. The molecule has 6 heteroatoms. The van der Waals surface area contributed by atoms with Crippen LogP contribution in [0, 0.1) is 17.6 Å². The molecule has 106 valence electrons. The van der Waals surface area contributed by atoms with Crippen molar-refractivity contribution in [3.05, 3.63) is 41.5 Å². The summed E-state index contributed by atoms with van der Waals surface area (Å²) in [6, 6.07) is 3.44. The molecule has 20 heavy (non-hydrogen) atoms. The lowest BCUT2D eigenvalue weighted by molar-refractivity contribution is -0.141. The van der Waals surface area contributed by atoms with E-state index in [0.717, 1.165) is 24.3 Å². The molecule has 0 radical (unpaired) electrons. The highest BCUT2D eigenvalue weighted by molar-refractivity contribution is 5.92. The molecule has 1 fully saturated rings. The van der Waals surface area contributed by atoms with Crippen molar-refractivity contribution in [3.8, 4) is 0 Å². The first-order valence-electron chi connectivity index (χ1n) is 6.13. The molecule has 1 N–H and O–H groups in total. The minimum Gasteiger partial charge on any atom is -0.481 e. The Bertz CT molecular complexity index is 551. The summed E-state index contributed by atoms with van der Waals surface area (Å²) in [5, 5.41) is 8.84. The normalized spacial score (nSPS) is 18.7. The number of likely N-dealkylation sites (tertiary alicyclic amines) is 1. The van der Waals surface area contributed by atoms with Crippen LogP contribution in [0.5, 0.6) is 0 Å². The first-order valence-corrected chi connectivity index (χ1v) is 6.13. The Morgan fingerprint density at radius 3 is 2.50 bits per heavy atom. The Morgan fingerprint density at radius 1 is 1.30 bits per heavy atom. The van der Waals surface area contributed by atoms with Crippen molar-refractivity contribution in [2.45, 2.75) is 6.42 Å². The van der Waals surface area contributed by atoms with Crippen LogP contribution in [0.1, 0.15) is 12.0 Å². The molecule has 1 unspecified atom stereocenters. The van der Waals surface area contributed by atoms with Crippen molar-refractivity contribution in [2.24, 2.45) is 5.92 Å². The van der Waals surface area contributed by atoms with Crippen molar-refractivity contribution in [1.82, 2.24) is 4.90 Å². The SMILES string of the molecule is O=C(O)C1CCN(C(=O)C=Cc2c(F)cccc2F)C1. The van der Waals surface area contributed by atoms with Gasteiger partial charge in [-0.2, -0.15) is 0 Å². The van der Waals surface area contributed by atoms with Crippen LogP contribution in [0.15, 0.2) is 24.3 Å². The predicted molar refractivity (Wildman–Crippen MR) is 67.7 cm³/mol. The predicted octanol–water partition coefficient (Wildman–Crippen LogP) is 1.91. The monoisotopic (exact) mass is 281 g/mol. The van der Waals surface area contributed by atoms with Crippen molar-refractivity contribution < 1.29 is 23.5 Å². The van der Waals surface area contributed by atoms with Gasteiger partial charge in [0.1, 0.15) is 11.6 Å². The van der Waals surface area contributed by atoms with Crippen LogP contribution in [0.2, 0.25) is 0 Å². The average molecular weight is 281 g/mol. The Hall–Kier alpha value is -2.24. The van der Waals surface area contributed by atoms with Gasteiger partial charge in [-0.3, -0.25) is 9.59 Å². The van der Waals surface area contributed by atoms with Gasteiger partial charge in [0.25, 0.3) is 0 Å². The Kier molecular flexibility index (Phi) is 4.12. The van der Waals surface area contributed by atoms with Crippen molar-refractivity contribution in [3.63, 3.8) is 0 Å². The van der Waals surface area contributed by atoms with Crippen LogP contribution in [0.4, 0.5) is 8.78 Å². The van der Waals surface area contributed by atoms with Gasteiger partial charge in [0.15, 0.2) is 0 Å². The number of rotatable bonds is 3. The molecule has 4 nitrogen and oxygen atoms in total. The third-order valence-corrected chi connectivity index (χ3v) is 3.24. The van der Waals surface area contributed by atoms with Crippen LogP contribution in [-0.2, 0) is 9.59 Å². The summed E-state index contributed by atoms with van der Waals surface area (Å²) in [6.07, 6.45) is 2.52. The molecule has 0 saturated carbocycles. The van der Waals surface area contributed by atoms with Gasteiger partial charge < -0.3 is 10.0 Å². The summed E-state index contributed by atoms with van der Waals surface area (Å²) in [5.41, 5.74) is -0.283. The number of hydrogen-bond donors (Lipinski definition) is 1. The number of hydrogen-bond acceptors (Lipinski definition) is 2. The maximum absolute atomic E-state index is 13.4. The van der Waals surface area contributed by atoms with E-state index in [1.807, 2.05) is 0 Å². The highest BCUT2D eigenvalue weighted by atomic mass is 19.1. The van der Waals surface area contributed by atoms with E-state index in [1.165, 1.54) is 11.0 Å². The average Bonchev–Trinajstić information content (AvgIpc) is 2.87. The Balaban J connectivity index is 2.05. The topological polar surface area (TPSA) is 57.6 Å². The fraction of sp³-hybridized carbons (Fsp3) is 0.286. The van der Waals surface area contributed by atoms with Crippen molar-refractivity contribution >= 4 is 18.0 Å². The zero-order valence-electron chi connectivity index (χ0n) is 10.6. The minimum absolute atomic E-state index is 0.123. The maximum Gasteiger partial charge on any atom is 0.308 e. The van der Waals surface area contributed by atoms with Gasteiger partial charge in [0.05, 0.1) is 5.92 Å². The van der Waals surface area contributed by atoms with Gasteiger partial charge in [-0.25, -0.2) is 8.78 Å². The first kappa shape index (κ1) is 14.2. The van der Waals surface area contributed by atoms with Gasteiger partial charge in [0, 0.05) is 24.7 Å². The summed E-state index contributed by atoms with van der Waals surface area (Å²) in [5.74, 6) is -3.46. The van der Waals surface area contributed by atoms with E-state index in [-0.39, 0.29) is 12.1 Å². The van der Waals surface area contributed by atoms with Crippen LogP contribution in [0.3, 0.4) is 0 Å². The summed E-state index contributed by atoms with van der Waals surface area (Å²) in [6.45, 7) is 0.457. The molecule has 0 aromatic heterocycles. The number of carbonyl (C=O) groups is 2. The number of carbonyl (C=O) groups excluding carboxylic acids is 1. The summed E-state index contributed by atoms with van der Waals surface area (Å²) < 4.78 is 26.7. The molecule has 1 amide bonds. The quantitative estimate of drug-likeness (QED) is 0.861. The number of benzene rings is 1. The molecule has 1 heterocycles. The molecule has 0 bridgehead atoms. The Labute approximate surface area is 114 Å². The van der Waals surface area contributed by atoms with Gasteiger partial charge in [-0.1, -0.05) is 6.07 Å². The lowest BCUT2D eigenvalue weighted by Crippen LogP contribution is -2.28. The summed E-state index contributed by atoms with van der Waals surface area (Å²) >= 11 is 0. The van der Waals surface area contributed by atoms with Crippen LogP contribution >= 0.6 is 0 Å². The van der Waals surface area contributed by atoms with E-state index in [4.69, 9.17) is 5.11 Å². The highest BCUT2D eigenvalue weighted by Crippen LogP contribution is 2.18. The summed E-state index contributed by atoms with van der Waals surface area (Å²) in [7, 11) is 0. The first-order chi connectivity index (χ1) is 9.49. The molecule has 1 aromatic carbocycles. The van der Waals surface area contributed by atoms with Crippen LogP contribution < -0.4 is 0 Å². The fourth-order valence-electron chi connectivity index (χ4n) is 2.09. The number of carboxylic acids is 1. The van der Waals surface area contributed by atoms with E-state index < -0.39 is 29.4 Å². The maximum atomic E-state index is 13.4. The molecule has 0 aliphatic carbocycles. The lowest BCUT2D eigenvalue weighted by atomic mass is 10.1. The largest absolute Gasteiger partial charge is 0.481 e. The van der Waals surface area contributed by atoms with Gasteiger partial charge >= 0.3 is 5.97 Å². The van der Waals surface area contributed by atoms with E-state index in [1.54, 1.807) is 0 Å². The third-order valence-electron chi connectivity index (χ3n) is 3.24. The Morgan fingerprint density at radius 2 is 1.95 bits per heavy atom. The fourth-order valence-corrected chi connectivity index (χ4v) is 2.09. The standard InChI is InChI=1S/C14H13F2NO3/c15-11-2-1-3-12(16)10(11)4-5-13(18)17-7-6-9(8-17)14(19)20/h1-5,9H,6-8H2,(H,19,20). The number of amides is 1. The minimum atomic E-state index is -0.940. The van der Waals surface area contributed by atoms with E-state index >= 15 is 0 Å². The second-order valence-electron chi connectivity index (χ2n) is 4.58. The van der Waals surface area contributed by atoms with E-state index in [0.29, 0.717) is 13.0 Å². The number of carboxylic acid groups (broad SMARTS) is 1. The van der Waals surface area contributed by atoms with Crippen molar-refractivity contribution in [2.75, 3.05) is 13.1 Å². The highest BCUT2D eigenvalue weighted by Gasteiger charge is 2.29. The van der Waals surface area contributed by atoms with Gasteiger partial charge in [0.2, 0.25) is 5.91 Å². The van der Waals surface area contributed by atoms with Crippen LogP contribution in [0.25, 0.3) is 6.08 Å². The van der Waals surface area contributed by atoms with Gasteiger partial charge in [-0.15, -0.1) is 0 Å². The zero-order valence-corrected chi connectivity index (χ0v) is 10.6. The molecule has 1 aliphatic rings. The third kappa shape index (κ3) is 3.01. The second-order valence-corrected chi connectivity index (χ2v) is 4.58. The van der Waals surface area contributed by atoms with Crippen molar-refractivity contribution in [1.29, 1.82) is 0 Å². The lowest BCUT2D eigenvalue weighted by Gasteiger charge is -2.12. The molecule has 1 aliphatic heterocycles. The molecule has 1 saturated heterocycles. The number of nitrogens with zero attached hydrogens (tertiary/aromatic N) is 1. The van der Waals surface area contributed by atoms with E-state index in [9.17, 15) is 18.4 Å². The second kappa shape index (κ2) is 5.81. The zero-order chi connectivity index (χ0) is 14.7. The molecule has 2 rings (SSSR count). The molecule has 0 spiro atoms. The summed E-state index contributed by atoms with van der Waals surface area (Å²) in [4.78, 5) is 23.9. The van der Waals surface area contributed by atoms with E-state index in [2.05, 4.69) is 0 Å².